The molecule has 3 rings (SSSR count). The maximum atomic E-state index is 9.00. The summed E-state index contributed by atoms with van der Waals surface area (Å²) in [6.07, 6.45) is 0. The van der Waals surface area contributed by atoms with E-state index < -0.39 is 33.7 Å². The van der Waals surface area contributed by atoms with Crippen LogP contribution in [0.15, 0.2) is 72.8 Å². The van der Waals surface area contributed by atoms with Gasteiger partial charge in [-0.1, -0.05) is 0 Å². The number of carboxylic acids is 2. The quantitative estimate of drug-likeness (QED) is 0.452. The molecule has 0 amide bonds. The van der Waals surface area contributed by atoms with Gasteiger partial charge in [-0.25, -0.2) is 0 Å². The van der Waals surface area contributed by atoms with E-state index in [2.05, 4.69) is 93.6 Å². The van der Waals surface area contributed by atoms with Crippen molar-refractivity contribution in [2.24, 2.45) is 0 Å². The molecular formula is C25H29BiO4. The van der Waals surface area contributed by atoms with E-state index >= 15 is 0 Å². The Morgan fingerprint density at radius 2 is 0.700 bits per heavy atom. The molecule has 0 saturated carbocycles. The predicted octanol–water partition coefficient (Wildman–Crippen LogP) is 3.31. The number of benzene rings is 3. The predicted molar refractivity (Wildman–Crippen MR) is 125 cm³/mol. The molecule has 0 saturated heterocycles. The zero-order chi connectivity index (χ0) is 22.7. The van der Waals surface area contributed by atoms with Crippen molar-refractivity contribution in [2.45, 2.75) is 34.6 Å². The molecule has 0 aliphatic carbocycles. The van der Waals surface area contributed by atoms with Gasteiger partial charge in [-0.3, -0.25) is 9.59 Å². The minimum absolute atomic E-state index is 0.833. The van der Waals surface area contributed by atoms with Crippen molar-refractivity contribution in [3.8, 4) is 0 Å². The molecule has 158 valence electrons. The van der Waals surface area contributed by atoms with Crippen LogP contribution in [-0.4, -0.2) is 43.9 Å². The summed E-state index contributed by atoms with van der Waals surface area (Å²) in [7, 11) is 0. The van der Waals surface area contributed by atoms with Crippen LogP contribution >= 0.6 is 0 Å². The first-order valence-electron chi connectivity index (χ1n) is 9.49. The Morgan fingerprint density at radius 1 is 0.533 bits per heavy atom. The van der Waals surface area contributed by atoms with Crippen LogP contribution in [0.2, 0.25) is 0 Å². The number of aliphatic carboxylic acids is 2. The van der Waals surface area contributed by atoms with E-state index in [-0.39, 0.29) is 0 Å². The molecule has 30 heavy (non-hydrogen) atoms. The van der Waals surface area contributed by atoms with Gasteiger partial charge in [0.05, 0.1) is 0 Å². The molecule has 0 atom stereocenters. The molecule has 0 aliphatic rings. The van der Waals surface area contributed by atoms with Gasteiger partial charge in [-0.2, -0.15) is 0 Å². The fourth-order valence-electron chi connectivity index (χ4n) is 2.53. The molecule has 0 heterocycles. The van der Waals surface area contributed by atoms with Gasteiger partial charge < -0.3 is 10.2 Å². The molecule has 0 unspecified atom stereocenters. The maximum absolute atomic E-state index is 9.00. The van der Waals surface area contributed by atoms with Crippen LogP contribution < -0.4 is 9.81 Å². The number of aryl methyl sites for hydroxylation is 3. The van der Waals surface area contributed by atoms with E-state index in [0.717, 1.165) is 13.8 Å². The molecule has 0 spiro atoms. The van der Waals surface area contributed by atoms with E-state index in [1.165, 1.54) is 16.7 Å². The molecule has 5 heteroatoms. The third-order valence-electron chi connectivity index (χ3n) is 3.88. The normalized spacial score (nSPS) is 9.67. The van der Waals surface area contributed by atoms with Gasteiger partial charge >= 0.3 is 142 Å². The van der Waals surface area contributed by atoms with E-state index in [9.17, 15) is 0 Å². The second-order valence-corrected chi connectivity index (χ2v) is 15.5. The van der Waals surface area contributed by atoms with Crippen LogP contribution in [0.1, 0.15) is 30.5 Å². The first kappa shape index (κ1) is 25.5. The van der Waals surface area contributed by atoms with Crippen LogP contribution in [0, 0.1) is 20.8 Å². The van der Waals surface area contributed by atoms with Gasteiger partial charge in [0, 0.05) is 13.8 Å². The molecule has 0 aliphatic heterocycles. The number of rotatable bonds is 3. The Morgan fingerprint density at radius 3 is 0.867 bits per heavy atom. The average molecular weight is 602 g/mol. The average Bonchev–Trinajstić information content (AvgIpc) is 2.66. The topological polar surface area (TPSA) is 74.6 Å². The van der Waals surface area contributed by atoms with Gasteiger partial charge in [0.15, 0.2) is 0 Å². The zero-order valence-electron chi connectivity index (χ0n) is 18.1. The number of carboxylic acid groups (broad SMARTS) is 2. The summed E-state index contributed by atoms with van der Waals surface area (Å²) in [5.41, 5.74) is 4.00. The summed E-state index contributed by atoms with van der Waals surface area (Å²) in [5, 5.41) is 14.8. The Kier molecular flexibility index (Phi) is 11.0. The van der Waals surface area contributed by atoms with Crippen LogP contribution in [0.3, 0.4) is 0 Å². The van der Waals surface area contributed by atoms with Crippen LogP contribution in [0.5, 0.6) is 0 Å². The van der Waals surface area contributed by atoms with Crippen molar-refractivity contribution < 1.29 is 19.8 Å². The Hall–Kier alpha value is -2.52. The van der Waals surface area contributed by atoms with E-state index in [1.54, 1.807) is 9.81 Å². The molecular weight excluding hydrogens is 573 g/mol. The molecule has 0 bridgehead atoms. The Bertz CT molecular complexity index is 802. The summed E-state index contributed by atoms with van der Waals surface area (Å²) >= 11 is -2.15. The first-order valence-corrected chi connectivity index (χ1v) is 14.7. The van der Waals surface area contributed by atoms with Gasteiger partial charge in [0.2, 0.25) is 0 Å². The summed E-state index contributed by atoms with van der Waals surface area (Å²) in [4.78, 5) is 18.0. The van der Waals surface area contributed by atoms with Crippen LogP contribution in [0.25, 0.3) is 0 Å². The number of hydrogen-bond donors (Lipinski definition) is 2. The summed E-state index contributed by atoms with van der Waals surface area (Å²) < 4.78 is 4.65. The van der Waals surface area contributed by atoms with Crippen molar-refractivity contribution in [2.75, 3.05) is 0 Å². The number of hydrogen-bond acceptors (Lipinski definition) is 2. The van der Waals surface area contributed by atoms with Crippen LogP contribution in [0.4, 0.5) is 0 Å². The van der Waals surface area contributed by atoms with E-state index in [4.69, 9.17) is 19.8 Å². The molecule has 4 nitrogen and oxygen atoms in total. The number of carbonyl (C=O) groups is 2. The third-order valence-corrected chi connectivity index (χ3v) is 13.4. The Balaban J connectivity index is 0.000000485. The van der Waals surface area contributed by atoms with Gasteiger partial charge in [-0.05, 0) is 0 Å². The molecule has 3 aromatic carbocycles. The summed E-state index contributed by atoms with van der Waals surface area (Å²) in [6, 6.07) is 27.5. The molecule has 0 radical (unpaired) electrons. The van der Waals surface area contributed by atoms with Gasteiger partial charge in [0.25, 0.3) is 11.9 Å². The standard InChI is InChI=1S/3C7H7.2C2H4O2.Bi/c3*1-7-5-3-2-4-6-7;2*1-2(3)4;/h3*3-6H,1H3;2*1H3,(H,3,4);. The first-order chi connectivity index (χ1) is 14.1. The molecule has 0 aromatic heterocycles. The third kappa shape index (κ3) is 9.80. The van der Waals surface area contributed by atoms with Crippen molar-refractivity contribution in [1.82, 2.24) is 0 Å². The van der Waals surface area contributed by atoms with Crippen molar-refractivity contribution >= 4 is 43.5 Å². The Labute approximate surface area is 186 Å². The fraction of sp³-hybridized carbons (Fsp3) is 0.200. The summed E-state index contributed by atoms with van der Waals surface area (Å²) in [5.74, 6) is -1.67. The van der Waals surface area contributed by atoms with Crippen molar-refractivity contribution in [3.05, 3.63) is 89.5 Å². The minimum atomic E-state index is -2.15. The monoisotopic (exact) mass is 602 g/mol. The van der Waals surface area contributed by atoms with Gasteiger partial charge in [0.1, 0.15) is 0 Å². The fourth-order valence-corrected chi connectivity index (χ4v) is 11.2. The van der Waals surface area contributed by atoms with Gasteiger partial charge in [-0.15, -0.1) is 0 Å². The summed E-state index contributed by atoms with van der Waals surface area (Å²) in [6.45, 7) is 8.64. The van der Waals surface area contributed by atoms with Crippen molar-refractivity contribution in [3.63, 3.8) is 0 Å². The molecule has 3 aromatic rings. The molecule has 0 fully saturated rings. The second-order valence-electron chi connectivity index (χ2n) is 6.88. The SMILES string of the molecule is CC(=O)O.CC(=O)O.Cc1cc[c]([Bi]([c]2ccc(C)cc2)[c]2ccc(C)cc2)cc1. The molecule has 2 N–H and O–H groups in total. The van der Waals surface area contributed by atoms with E-state index in [1.807, 2.05) is 0 Å². The van der Waals surface area contributed by atoms with Crippen LogP contribution in [-0.2, 0) is 9.59 Å². The van der Waals surface area contributed by atoms with Crippen molar-refractivity contribution in [1.29, 1.82) is 0 Å². The zero-order valence-corrected chi connectivity index (χ0v) is 21.6. The van der Waals surface area contributed by atoms with E-state index in [0.29, 0.717) is 0 Å². The second kappa shape index (κ2) is 12.9.